The molecule has 0 spiro atoms. The molecule has 0 saturated carbocycles. The maximum absolute atomic E-state index is 13.3. The molecule has 0 aliphatic heterocycles. The minimum Gasteiger partial charge on any atom is -0.350 e. The van der Waals surface area contributed by atoms with E-state index in [1.165, 1.54) is 4.68 Å². The average Bonchev–Trinajstić information content (AvgIpc) is 3.11. The normalized spacial score (nSPS) is 12.4. The Bertz CT molecular complexity index is 1280. The summed E-state index contributed by atoms with van der Waals surface area (Å²) >= 11 is 7.57. The summed E-state index contributed by atoms with van der Waals surface area (Å²) in [5.41, 5.74) is 1.42. The van der Waals surface area contributed by atoms with Crippen LogP contribution in [0.1, 0.15) is 30.6 Å². The number of amides is 1. The van der Waals surface area contributed by atoms with Crippen molar-refractivity contribution in [2.45, 2.75) is 32.9 Å². The average molecular weight is 426 g/mol. The fraction of sp³-hybridized carbons (Fsp3) is 0.227. The second-order valence-corrected chi connectivity index (χ2v) is 8.40. The number of nitrogens with zero attached hydrogens (tertiary/aromatic N) is 2. The molecule has 2 aromatic heterocycles. The first-order chi connectivity index (χ1) is 14.0. The topological polar surface area (TPSA) is 64.0 Å². The maximum atomic E-state index is 13.3. The zero-order valence-corrected chi connectivity index (χ0v) is 17.7. The van der Waals surface area contributed by atoms with E-state index in [1.54, 1.807) is 23.5 Å². The Kier molecular flexibility index (Phi) is 5.39. The van der Waals surface area contributed by atoms with Crippen LogP contribution in [0.4, 0.5) is 0 Å². The molecule has 1 atom stereocenters. The molecular formula is C22H20ClN3O2S. The first-order valence-corrected chi connectivity index (χ1v) is 10.6. The van der Waals surface area contributed by atoms with Gasteiger partial charge in [-0.25, -0.2) is 4.68 Å². The summed E-state index contributed by atoms with van der Waals surface area (Å²) in [7, 11) is 0. The molecule has 0 aliphatic carbocycles. The molecule has 1 unspecified atom stereocenters. The number of fused-ring (bicyclic) bond motifs is 3. The minimum absolute atomic E-state index is 0.229. The molecule has 148 valence electrons. The van der Waals surface area contributed by atoms with E-state index in [4.69, 9.17) is 11.6 Å². The summed E-state index contributed by atoms with van der Waals surface area (Å²) in [6, 6.07) is 14.5. The largest absolute Gasteiger partial charge is 0.350 e. The van der Waals surface area contributed by atoms with Gasteiger partial charge in [0.25, 0.3) is 5.56 Å². The molecule has 0 fully saturated rings. The molecule has 1 N–H and O–H groups in total. The van der Waals surface area contributed by atoms with Crippen molar-refractivity contribution in [3.8, 4) is 0 Å². The molecule has 0 bridgehead atoms. The van der Waals surface area contributed by atoms with Gasteiger partial charge in [0.1, 0.15) is 6.04 Å². The Balaban J connectivity index is 1.71. The van der Waals surface area contributed by atoms with E-state index < -0.39 is 6.04 Å². The Morgan fingerprint density at radius 3 is 2.79 bits per heavy atom. The van der Waals surface area contributed by atoms with Gasteiger partial charge in [0.15, 0.2) is 0 Å². The highest BCUT2D eigenvalue weighted by Crippen LogP contribution is 2.33. The van der Waals surface area contributed by atoms with Crippen molar-refractivity contribution in [3.05, 3.63) is 75.2 Å². The minimum atomic E-state index is -0.677. The summed E-state index contributed by atoms with van der Waals surface area (Å²) in [5.74, 6) is -0.236. The third kappa shape index (κ3) is 3.66. The number of aromatic nitrogens is 2. The van der Waals surface area contributed by atoms with Crippen molar-refractivity contribution in [2.24, 2.45) is 0 Å². The summed E-state index contributed by atoms with van der Waals surface area (Å²) in [6.45, 7) is 4.10. The fourth-order valence-electron chi connectivity index (χ4n) is 3.51. The SMILES string of the molecule is CCC(C(=O)NCc1cccc(Cl)c1)n1nc(C)c2sc3ccccc3c2c1=O. The van der Waals surface area contributed by atoms with Gasteiger partial charge in [0.2, 0.25) is 5.91 Å². The Morgan fingerprint density at radius 2 is 2.03 bits per heavy atom. The number of halogens is 1. The van der Waals surface area contributed by atoms with Gasteiger partial charge in [-0.3, -0.25) is 9.59 Å². The van der Waals surface area contributed by atoms with Crippen LogP contribution in [0.5, 0.6) is 0 Å². The molecule has 7 heteroatoms. The highest BCUT2D eigenvalue weighted by molar-refractivity contribution is 7.26. The monoisotopic (exact) mass is 425 g/mol. The van der Waals surface area contributed by atoms with Gasteiger partial charge in [0.05, 0.1) is 15.8 Å². The third-order valence-electron chi connectivity index (χ3n) is 4.94. The van der Waals surface area contributed by atoms with Crippen LogP contribution in [0.15, 0.2) is 53.3 Å². The molecule has 1 amide bonds. The number of nitrogens with one attached hydrogen (secondary N) is 1. The molecule has 2 aromatic carbocycles. The quantitative estimate of drug-likeness (QED) is 0.497. The first kappa shape index (κ1) is 19.6. The summed E-state index contributed by atoms with van der Waals surface area (Å²) in [4.78, 5) is 26.2. The highest BCUT2D eigenvalue weighted by Gasteiger charge is 2.24. The van der Waals surface area contributed by atoms with Crippen LogP contribution in [-0.2, 0) is 11.3 Å². The van der Waals surface area contributed by atoms with Crippen LogP contribution in [0.3, 0.4) is 0 Å². The highest BCUT2D eigenvalue weighted by atomic mass is 35.5. The number of hydrogen-bond acceptors (Lipinski definition) is 4. The van der Waals surface area contributed by atoms with Crippen LogP contribution in [0.2, 0.25) is 5.02 Å². The van der Waals surface area contributed by atoms with E-state index >= 15 is 0 Å². The van der Waals surface area contributed by atoms with Gasteiger partial charge >= 0.3 is 0 Å². The summed E-state index contributed by atoms with van der Waals surface area (Å²) in [5, 5.41) is 9.56. The molecule has 2 heterocycles. The lowest BCUT2D eigenvalue weighted by molar-refractivity contribution is -0.125. The molecule has 0 saturated heterocycles. The van der Waals surface area contributed by atoms with Gasteiger partial charge < -0.3 is 5.32 Å². The molecule has 4 aromatic rings. The van der Waals surface area contributed by atoms with Gasteiger partial charge in [-0.15, -0.1) is 11.3 Å². The van der Waals surface area contributed by atoms with Crippen LogP contribution in [-0.4, -0.2) is 15.7 Å². The van der Waals surface area contributed by atoms with E-state index in [2.05, 4.69) is 10.4 Å². The Hall–Kier alpha value is -2.70. The lowest BCUT2D eigenvalue weighted by Gasteiger charge is -2.17. The van der Waals surface area contributed by atoms with E-state index in [0.717, 1.165) is 26.0 Å². The van der Waals surface area contributed by atoms with Crippen LogP contribution >= 0.6 is 22.9 Å². The van der Waals surface area contributed by atoms with Crippen molar-refractivity contribution < 1.29 is 4.79 Å². The molecule has 0 radical (unpaired) electrons. The fourth-order valence-corrected chi connectivity index (χ4v) is 4.86. The number of thiophene rings is 1. The van der Waals surface area contributed by atoms with Crippen LogP contribution in [0, 0.1) is 6.92 Å². The lowest BCUT2D eigenvalue weighted by Crippen LogP contribution is -2.38. The van der Waals surface area contributed by atoms with Gasteiger partial charge in [-0.1, -0.05) is 48.9 Å². The van der Waals surface area contributed by atoms with Crippen molar-refractivity contribution in [1.82, 2.24) is 15.1 Å². The van der Waals surface area contributed by atoms with Crippen molar-refractivity contribution >= 4 is 49.0 Å². The summed E-state index contributed by atoms with van der Waals surface area (Å²) in [6.07, 6.45) is 0.460. The second kappa shape index (κ2) is 7.97. The predicted octanol–water partition coefficient (Wildman–Crippen LogP) is 4.84. The van der Waals surface area contributed by atoms with Crippen molar-refractivity contribution in [3.63, 3.8) is 0 Å². The smallest absolute Gasteiger partial charge is 0.276 e. The zero-order valence-electron chi connectivity index (χ0n) is 16.1. The number of aryl methyl sites for hydroxylation is 1. The van der Waals surface area contributed by atoms with E-state index in [1.807, 2.05) is 50.2 Å². The standard InChI is InChI=1S/C22H20ClN3O2S/c1-3-17(21(27)24-12-14-7-6-8-15(23)11-14)26-22(28)19-16-9-4-5-10-18(16)29-20(19)13(2)25-26/h4-11,17H,3,12H2,1-2H3,(H,24,27). The summed E-state index contributed by atoms with van der Waals surface area (Å²) < 4.78 is 3.26. The molecule has 0 aliphatic rings. The van der Waals surface area contributed by atoms with Crippen molar-refractivity contribution in [2.75, 3.05) is 0 Å². The lowest BCUT2D eigenvalue weighted by atomic mass is 10.1. The number of benzene rings is 2. The Labute approximate surface area is 176 Å². The van der Waals surface area contributed by atoms with Gasteiger partial charge in [-0.05, 0) is 37.1 Å². The molecular weight excluding hydrogens is 406 g/mol. The van der Waals surface area contributed by atoms with E-state index in [0.29, 0.717) is 23.4 Å². The van der Waals surface area contributed by atoms with E-state index in [-0.39, 0.29) is 11.5 Å². The molecule has 29 heavy (non-hydrogen) atoms. The van der Waals surface area contributed by atoms with Gasteiger partial charge in [-0.2, -0.15) is 5.10 Å². The van der Waals surface area contributed by atoms with Crippen LogP contribution in [0.25, 0.3) is 20.2 Å². The van der Waals surface area contributed by atoms with Crippen LogP contribution < -0.4 is 10.9 Å². The van der Waals surface area contributed by atoms with Gasteiger partial charge in [0, 0.05) is 21.7 Å². The zero-order chi connectivity index (χ0) is 20.5. The number of carbonyl (C=O) groups is 1. The third-order valence-corrected chi connectivity index (χ3v) is 6.46. The number of hydrogen-bond donors (Lipinski definition) is 1. The van der Waals surface area contributed by atoms with Crippen molar-refractivity contribution in [1.29, 1.82) is 0 Å². The Morgan fingerprint density at radius 1 is 1.24 bits per heavy atom. The maximum Gasteiger partial charge on any atom is 0.276 e. The number of carbonyl (C=O) groups excluding carboxylic acids is 1. The molecule has 5 nitrogen and oxygen atoms in total. The second-order valence-electron chi connectivity index (χ2n) is 6.91. The number of rotatable bonds is 5. The van der Waals surface area contributed by atoms with E-state index in [9.17, 15) is 9.59 Å². The predicted molar refractivity (Wildman–Crippen MR) is 119 cm³/mol. The first-order valence-electron chi connectivity index (χ1n) is 9.42. The molecule has 4 rings (SSSR count).